The lowest BCUT2D eigenvalue weighted by molar-refractivity contribution is -0.116. The Morgan fingerprint density at radius 3 is 2.52 bits per heavy atom. The van der Waals surface area contributed by atoms with Crippen LogP contribution in [0, 0.1) is 0 Å². The third-order valence-electron chi connectivity index (χ3n) is 3.68. The Bertz CT molecular complexity index is 948. The Balaban J connectivity index is 1.49. The van der Waals surface area contributed by atoms with Gasteiger partial charge in [0.15, 0.2) is 0 Å². The van der Waals surface area contributed by atoms with Crippen molar-refractivity contribution >= 4 is 34.7 Å². The second-order valence-electron chi connectivity index (χ2n) is 5.62. The van der Waals surface area contributed by atoms with Crippen molar-refractivity contribution in [3.05, 3.63) is 64.6 Å². The van der Waals surface area contributed by atoms with Crippen LogP contribution in [0.25, 0.3) is 5.69 Å². The topological polar surface area (TPSA) is 119 Å². The number of thiophene rings is 1. The number of anilines is 1. The molecule has 0 spiro atoms. The summed E-state index contributed by atoms with van der Waals surface area (Å²) < 4.78 is 1.52. The molecule has 0 saturated carbocycles. The summed E-state index contributed by atoms with van der Waals surface area (Å²) in [5.41, 5.74) is 7.30. The highest BCUT2D eigenvalue weighted by molar-refractivity contribution is 7.08. The molecule has 1 aromatic carbocycles. The molecular weight excluding hydrogens is 366 g/mol. The normalized spacial score (nSPS) is 10.4. The first kappa shape index (κ1) is 18.3. The Morgan fingerprint density at radius 2 is 1.89 bits per heavy atom. The number of nitrogens with one attached hydrogen (secondary N) is 2. The summed E-state index contributed by atoms with van der Waals surface area (Å²) in [6, 6.07) is 10.2. The molecule has 27 heavy (non-hydrogen) atoms. The zero-order chi connectivity index (χ0) is 19.2. The molecule has 4 N–H and O–H groups in total. The van der Waals surface area contributed by atoms with E-state index in [4.69, 9.17) is 5.73 Å². The van der Waals surface area contributed by atoms with Gasteiger partial charge in [-0.1, -0.05) is 0 Å². The number of benzene rings is 1. The minimum atomic E-state index is -0.594. The van der Waals surface area contributed by atoms with E-state index in [-0.39, 0.29) is 30.5 Å². The van der Waals surface area contributed by atoms with E-state index in [0.717, 1.165) is 5.69 Å². The smallest absolute Gasteiger partial charge is 0.269 e. The van der Waals surface area contributed by atoms with Crippen LogP contribution < -0.4 is 16.4 Å². The van der Waals surface area contributed by atoms with Crippen molar-refractivity contribution in [2.24, 2.45) is 5.73 Å². The van der Waals surface area contributed by atoms with Gasteiger partial charge in [0.05, 0.1) is 5.69 Å². The fraction of sp³-hybridized carbons (Fsp3) is 0.111. The third kappa shape index (κ3) is 4.79. The highest BCUT2D eigenvalue weighted by atomic mass is 32.1. The zero-order valence-electron chi connectivity index (χ0n) is 14.2. The van der Waals surface area contributed by atoms with Crippen molar-refractivity contribution in [1.82, 2.24) is 15.1 Å². The van der Waals surface area contributed by atoms with Gasteiger partial charge in [0, 0.05) is 35.8 Å². The number of rotatable bonds is 7. The maximum atomic E-state index is 12.0. The van der Waals surface area contributed by atoms with Gasteiger partial charge in [-0.15, -0.1) is 0 Å². The number of aromatic nitrogens is 2. The maximum Gasteiger partial charge on any atom is 0.269 e. The SMILES string of the molecule is NC(=O)c1ccn(-c2ccc(NC(=O)CCNC(=O)c3ccsc3)cc2)n1. The lowest BCUT2D eigenvalue weighted by Crippen LogP contribution is -2.27. The van der Waals surface area contributed by atoms with Crippen molar-refractivity contribution in [3.63, 3.8) is 0 Å². The number of hydrogen-bond donors (Lipinski definition) is 3. The Hall–Kier alpha value is -3.46. The monoisotopic (exact) mass is 383 g/mol. The van der Waals surface area contributed by atoms with Gasteiger partial charge in [-0.3, -0.25) is 14.4 Å². The quantitative estimate of drug-likeness (QED) is 0.576. The van der Waals surface area contributed by atoms with Gasteiger partial charge in [-0.05, 0) is 41.8 Å². The molecule has 2 aromatic heterocycles. The number of primary amides is 1. The van der Waals surface area contributed by atoms with E-state index >= 15 is 0 Å². The van der Waals surface area contributed by atoms with Crippen molar-refractivity contribution in [2.75, 3.05) is 11.9 Å². The molecule has 0 bridgehead atoms. The lowest BCUT2D eigenvalue weighted by Gasteiger charge is -2.07. The van der Waals surface area contributed by atoms with Crippen molar-refractivity contribution in [1.29, 1.82) is 0 Å². The van der Waals surface area contributed by atoms with Crippen molar-refractivity contribution in [2.45, 2.75) is 6.42 Å². The zero-order valence-corrected chi connectivity index (χ0v) is 15.0. The van der Waals surface area contributed by atoms with Gasteiger partial charge in [-0.25, -0.2) is 4.68 Å². The molecule has 0 radical (unpaired) electrons. The van der Waals surface area contributed by atoms with Gasteiger partial charge in [-0.2, -0.15) is 16.4 Å². The number of carbonyl (C=O) groups is 3. The van der Waals surface area contributed by atoms with Crippen LogP contribution >= 0.6 is 11.3 Å². The van der Waals surface area contributed by atoms with Gasteiger partial charge in [0.25, 0.3) is 11.8 Å². The largest absolute Gasteiger partial charge is 0.364 e. The van der Waals surface area contributed by atoms with E-state index < -0.39 is 5.91 Å². The summed E-state index contributed by atoms with van der Waals surface area (Å²) in [5, 5.41) is 13.1. The van der Waals surface area contributed by atoms with Crippen LogP contribution in [0.4, 0.5) is 5.69 Å². The van der Waals surface area contributed by atoms with E-state index in [0.29, 0.717) is 11.3 Å². The molecule has 3 amide bonds. The van der Waals surface area contributed by atoms with Crippen LogP contribution in [0.1, 0.15) is 27.3 Å². The highest BCUT2D eigenvalue weighted by Gasteiger charge is 2.08. The van der Waals surface area contributed by atoms with Crippen molar-refractivity contribution < 1.29 is 14.4 Å². The average molecular weight is 383 g/mol. The second-order valence-corrected chi connectivity index (χ2v) is 6.40. The molecule has 0 aliphatic rings. The Labute approximate surface area is 159 Å². The van der Waals surface area contributed by atoms with Crippen LogP contribution in [0.15, 0.2) is 53.4 Å². The van der Waals surface area contributed by atoms with E-state index in [1.807, 2.05) is 5.38 Å². The third-order valence-corrected chi connectivity index (χ3v) is 4.36. The number of nitrogens with two attached hydrogens (primary N) is 1. The van der Waals surface area contributed by atoms with E-state index in [2.05, 4.69) is 15.7 Å². The fourth-order valence-corrected chi connectivity index (χ4v) is 2.94. The summed E-state index contributed by atoms with van der Waals surface area (Å²) in [5.74, 6) is -0.991. The average Bonchev–Trinajstić information content (AvgIpc) is 3.34. The minimum absolute atomic E-state index is 0.165. The summed E-state index contributed by atoms with van der Waals surface area (Å²) in [4.78, 5) is 34.9. The molecule has 0 fully saturated rings. The molecule has 9 heteroatoms. The minimum Gasteiger partial charge on any atom is -0.364 e. The Morgan fingerprint density at radius 1 is 1.11 bits per heavy atom. The molecule has 3 aromatic rings. The number of carbonyl (C=O) groups excluding carboxylic acids is 3. The molecule has 8 nitrogen and oxygen atoms in total. The molecule has 0 saturated heterocycles. The number of amides is 3. The summed E-state index contributed by atoms with van der Waals surface area (Å²) >= 11 is 1.44. The molecule has 0 atom stereocenters. The lowest BCUT2D eigenvalue weighted by atomic mass is 10.2. The predicted molar refractivity (Wildman–Crippen MR) is 102 cm³/mol. The molecule has 0 unspecified atom stereocenters. The number of nitrogens with zero attached hydrogens (tertiary/aromatic N) is 2. The summed E-state index contributed by atoms with van der Waals surface area (Å²) in [7, 11) is 0. The van der Waals surface area contributed by atoms with Crippen LogP contribution in [-0.2, 0) is 4.79 Å². The van der Waals surface area contributed by atoms with Crippen molar-refractivity contribution in [3.8, 4) is 5.69 Å². The van der Waals surface area contributed by atoms with E-state index in [1.165, 1.54) is 22.1 Å². The molecule has 0 aliphatic heterocycles. The van der Waals surface area contributed by atoms with Gasteiger partial charge < -0.3 is 16.4 Å². The van der Waals surface area contributed by atoms with Crippen LogP contribution in [-0.4, -0.2) is 34.0 Å². The highest BCUT2D eigenvalue weighted by Crippen LogP contribution is 2.13. The molecule has 3 rings (SSSR count). The second kappa shape index (κ2) is 8.28. The predicted octanol–water partition coefficient (Wildman–Crippen LogP) is 1.79. The molecule has 138 valence electrons. The van der Waals surface area contributed by atoms with Gasteiger partial charge in [0.1, 0.15) is 5.69 Å². The molecular formula is C18H17N5O3S. The van der Waals surface area contributed by atoms with E-state index in [9.17, 15) is 14.4 Å². The van der Waals surface area contributed by atoms with Crippen LogP contribution in [0.3, 0.4) is 0 Å². The standard InChI is InChI=1S/C18H17N5O3S/c19-17(25)15-6-9-23(22-15)14-3-1-13(2-4-14)21-16(24)5-8-20-18(26)12-7-10-27-11-12/h1-4,6-7,9-11H,5,8H2,(H2,19,25)(H,20,26)(H,21,24). The molecule has 0 aliphatic carbocycles. The summed E-state index contributed by atoms with van der Waals surface area (Å²) in [6.07, 6.45) is 1.79. The van der Waals surface area contributed by atoms with E-state index in [1.54, 1.807) is 41.9 Å². The molecule has 2 heterocycles. The van der Waals surface area contributed by atoms with Crippen LogP contribution in [0.5, 0.6) is 0 Å². The first-order chi connectivity index (χ1) is 13.0. The first-order valence-corrected chi connectivity index (χ1v) is 9.03. The summed E-state index contributed by atoms with van der Waals surface area (Å²) in [6.45, 7) is 0.252. The maximum absolute atomic E-state index is 12.0. The number of hydrogen-bond acceptors (Lipinski definition) is 5. The van der Waals surface area contributed by atoms with Crippen LogP contribution in [0.2, 0.25) is 0 Å². The first-order valence-electron chi connectivity index (χ1n) is 8.09. The van der Waals surface area contributed by atoms with Gasteiger partial charge in [0.2, 0.25) is 5.91 Å². The Kier molecular flexibility index (Phi) is 5.62. The fourth-order valence-electron chi connectivity index (χ4n) is 2.31. The van der Waals surface area contributed by atoms with Gasteiger partial charge >= 0.3 is 0 Å².